The van der Waals surface area contributed by atoms with Gasteiger partial charge in [0.1, 0.15) is 29.9 Å². The number of nitrogens with one attached hydrogen (secondary N) is 1. The Balaban J connectivity index is 2.08. The van der Waals surface area contributed by atoms with E-state index in [9.17, 15) is 22.4 Å². The predicted octanol–water partition coefficient (Wildman–Crippen LogP) is 3.98. The number of anilines is 1. The van der Waals surface area contributed by atoms with E-state index in [1.807, 2.05) is 0 Å². The van der Waals surface area contributed by atoms with E-state index >= 15 is 0 Å². The number of rotatable bonds is 12. The smallest absolute Gasteiger partial charge is 0.264 e. The van der Waals surface area contributed by atoms with Crippen LogP contribution in [0.4, 0.5) is 10.1 Å². The molecule has 0 spiro atoms. The second kappa shape index (κ2) is 13.3. The minimum absolute atomic E-state index is 0.0849. The lowest BCUT2D eigenvalue weighted by molar-refractivity contribution is -0.139. The Bertz CT molecular complexity index is 1430. The number of hydrogen-bond acceptors (Lipinski definition) is 6. The highest BCUT2D eigenvalue weighted by atomic mass is 32.2. The van der Waals surface area contributed by atoms with Gasteiger partial charge in [0.25, 0.3) is 10.0 Å². The van der Waals surface area contributed by atoms with Crippen molar-refractivity contribution >= 4 is 27.5 Å². The molecule has 0 saturated carbocycles. The van der Waals surface area contributed by atoms with Crippen molar-refractivity contribution in [3.8, 4) is 11.5 Å². The molecule has 0 aliphatic heterocycles. The third kappa shape index (κ3) is 7.09. The van der Waals surface area contributed by atoms with Crippen LogP contribution in [-0.2, 0) is 26.2 Å². The monoisotopic (exact) mass is 571 g/mol. The van der Waals surface area contributed by atoms with Gasteiger partial charge < -0.3 is 19.7 Å². The van der Waals surface area contributed by atoms with Crippen molar-refractivity contribution in [2.45, 2.75) is 44.3 Å². The first kappa shape index (κ1) is 30.4. The Hall–Kier alpha value is -4.12. The molecule has 3 aromatic rings. The number of para-hydroxylation sites is 2. The lowest BCUT2D eigenvalue weighted by atomic mass is 10.1. The molecule has 0 radical (unpaired) electrons. The summed E-state index contributed by atoms with van der Waals surface area (Å²) in [5, 5.41) is 2.76. The Kier molecular flexibility index (Phi) is 10.1. The SMILES string of the molecule is COc1ccc(S(=O)(=O)N(CC(=O)N(Cc2ccccc2F)[C@@H](C)C(=O)NC(C)C)c2ccccc2OC)cc1. The number of methoxy groups -OCH3 is 2. The van der Waals surface area contributed by atoms with Crippen LogP contribution in [0.2, 0.25) is 0 Å². The summed E-state index contributed by atoms with van der Waals surface area (Å²) in [6, 6.07) is 16.8. The molecule has 0 heterocycles. The summed E-state index contributed by atoms with van der Waals surface area (Å²) in [5.74, 6) is -1.04. The van der Waals surface area contributed by atoms with E-state index in [1.165, 1.54) is 74.6 Å². The molecule has 0 saturated heterocycles. The molecule has 214 valence electrons. The molecule has 0 bridgehead atoms. The first-order valence-electron chi connectivity index (χ1n) is 12.6. The zero-order valence-electron chi connectivity index (χ0n) is 23.1. The fraction of sp³-hybridized carbons (Fsp3) is 0.310. The molecule has 2 amide bonds. The number of hydrogen-bond donors (Lipinski definition) is 1. The summed E-state index contributed by atoms with van der Waals surface area (Å²) >= 11 is 0. The maximum Gasteiger partial charge on any atom is 0.264 e. The summed E-state index contributed by atoms with van der Waals surface area (Å²) in [4.78, 5) is 27.9. The van der Waals surface area contributed by atoms with Gasteiger partial charge in [0.2, 0.25) is 11.8 Å². The summed E-state index contributed by atoms with van der Waals surface area (Å²) in [5.41, 5.74) is 0.307. The highest BCUT2D eigenvalue weighted by Crippen LogP contribution is 2.33. The van der Waals surface area contributed by atoms with Crippen LogP contribution in [0, 0.1) is 5.82 Å². The largest absolute Gasteiger partial charge is 0.497 e. The molecule has 0 aromatic heterocycles. The highest BCUT2D eigenvalue weighted by molar-refractivity contribution is 7.92. The van der Waals surface area contributed by atoms with Gasteiger partial charge in [-0.3, -0.25) is 13.9 Å². The molecular formula is C29H34FN3O6S. The Morgan fingerprint density at radius 2 is 1.52 bits per heavy atom. The third-order valence-electron chi connectivity index (χ3n) is 6.18. The zero-order chi connectivity index (χ0) is 29.4. The summed E-state index contributed by atoms with van der Waals surface area (Å²) in [6.07, 6.45) is 0. The molecule has 3 rings (SSSR count). The maximum absolute atomic E-state index is 14.6. The zero-order valence-corrected chi connectivity index (χ0v) is 23.9. The van der Waals surface area contributed by atoms with Crippen molar-refractivity contribution < 1.29 is 31.9 Å². The van der Waals surface area contributed by atoms with Crippen LogP contribution in [0.1, 0.15) is 26.3 Å². The number of sulfonamides is 1. The number of halogens is 1. The number of nitrogens with zero attached hydrogens (tertiary/aromatic N) is 2. The summed E-state index contributed by atoms with van der Waals surface area (Å²) in [6.45, 7) is 4.14. The van der Waals surface area contributed by atoms with Gasteiger partial charge in [-0.15, -0.1) is 0 Å². The molecule has 0 aliphatic rings. The van der Waals surface area contributed by atoms with E-state index in [2.05, 4.69) is 5.32 Å². The van der Waals surface area contributed by atoms with Crippen molar-refractivity contribution in [3.63, 3.8) is 0 Å². The fourth-order valence-electron chi connectivity index (χ4n) is 4.02. The van der Waals surface area contributed by atoms with Crippen molar-refractivity contribution in [2.24, 2.45) is 0 Å². The van der Waals surface area contributed by atoms with Crippen LogP contribution in [0.5, 0.6) is 11.5 Å². The second-order valence-corrected chi connectivity index (χ2v) is 11.2. The minimum atomic E-state index is -4.31. The lowest BCUT2D eigenvalue weighted by Crippen LogP contribution is -2.52. The van der Waals surface area contributed by atoms with Gasteiger partial charge in [0.05, 0.1) is 24.8 Å². The number of ether oxygens (including phenoxy) is 2. The Morgan fingerprint density at radius 3 is 2.12 bits per heavy atom. The maximum atomic E-state index is 14.6. The van der Waals surface area contributed by atoms with Crippen molar-refractivity contribution in [1.82, 2.24) is 10.2 Å². The van der Waals surface area contributed by atoms with Crippen LogP contribution >= 0.6 is 0 Å². The highest BCUT2D eigenvalue weighted by Gasteiger charge is 2.34. The van der Waals surface area contributed by atoms with E-state index in [4.69, 9.17) is 9.47 Å². The minimum Gasteiger partial charge on any atom is -0.497 e. The first-order chi connectivity index (χ1) is 19.0. The van der Waals surface area contributed by atoms with Crippen LogP contribution in [0.15, 0.2) is 77.7 Å². The molecule has 9 nitrogen and oxygen atoms in total. The topological polar surface area (TPSA) is 105 Å². The molecule has 40 heavy (non-hydrogen) atoms. The van der Waals surface area contributed by atoms with Crippen LogP contribution in [0.25, 0.3) is 0 Å². The van der Waals surface area contributed by atoms with Crippen LogP contribution in [0.3, 0.4) is 0 Å². The predicted molar refractivity (Wildman–Crippen MR) is 150 cm³/mol. The summed E-state index contributed by atoms with van der Waals surface area (Å²) in [7, 11) is -1.46. The molecule has 1 atom stereocenters. The van der Waals surface area contributed by atoms with Crippen molar-refractivity contribution in [3.05, 3.63) is 84.2 Å². The quantitative estimate of drug-likeness (QED) is 0.353. The molecule has 11 heteroatoms. The van der Waals surface area contributed by atoms with Gasteiger partial charge in [-0.25, -0.2) is 12.8 Å². The van der Waals surface area contributed by atoms with Crippen molar-refractivity contribution in [2.75, 3.05) is 25.1 Å². The van der Waals surface area contributed by atoms with Gasteiger partial charge >= 0.3 is 0 Å². The van der Waals surface area contributed by atoms with E-state index in [-0.39, 0.29) is 34.5 Å². The van der Waals surface area contributed by atoms with Crippen LogP contribution < -0.4 is 19.1 Å². The molecule has 0 aliphatic carbocycles. The van der Waals surface area contributed by atoms with Crippen molar-refractivity contribution in [1.29, 1.82) is 0 Å². The Labute approximate surface area is 234 Å². The van der Waals surface area contributed by atoms with Gasteiger partial charge in [-0.1, -0.05) is 30.3 Å². The standard InChI is InChI=1S/C29H34FN3O6S/c1-20(2)31-29(35)21(3)32(18-22-10-6-7-11-25(22)30)28(34)19-33(26-12-8-9-13-27(26)39-5)40(36,37)24-16-14-23(38-4)15-17-24/h6-17,20-21H,18-19H2,1-5H3,(H,31,35)/t21-/m0/s1. The third-order valence-corrected chi connectivity index (χ3v) is 7.95. The van der Waals surface area contributed by atoms with Gasteiger partial charge in [0, 0.05) is 18.2 Å². The van der Waals surface area contributed by atoms with Crippen LogP contribution in [-0.4, -0.2) is 58.0 Å². The normalized spacial score (nSPS) is 12.0. The first-order valence-corrected chi connectivity index (χ1v) is 14.1. The van der Waals surface area contributed by atoms with Gasteiger partial charge in [0.15, 0.2) is 0 Å². The Morgan fingerprint density at radius 1 is 0.900 bits per heavy atom. The molecule has 3 aromatic carbocycles. The van der Waals surface area contributed by atoms with Gasteiger partial charge in [-0.05, 0) is 63.2 Å². The van der Waals surface area contributed by atoms with E-state index in [1.54, 1.807) is 38.1 Å². The fourth-order valence-corrected chi connectivity index (χ4v) is 5.45. The van der Waals surface area contributed by atoms with E-state index in [0.717, 1.165) is 4.31 Å². The average Bonchev–Trinajstić information content (AvgIpc) is 2.94. The second-order valence-electron chi connectivity index (χ2n) is 9.31. The van der Waals surface area contributed by atoms with Gasteiger partial charge in [-0.2, -0.15) is 0 Å². The average molecular weight is 572 g/mol. The van der Waals surface area contributed by atoms with E-state index in [0.29, 0.717) is 5.75 Å². The number of carbonyl (C=O) groups excluding carboxylic acids is 2. The lowest BCUT2D eigenvalue weighted by Gasteiger charge is -2.32. The molecular weight excluding hydrogens is 537 g/mol. The van der Waals surface area contributed by atoms with E-state index < -0.39 is 40.2 Å². The molecule has 0 unspecified atom stereocenters. The summed E-state index contributed by atoms with van der Waals surface area (Å²) < 4.78 is 54.0. The number of carbonyl (C=O) groups is 2. The number of benzene rings is 3. The molecule has 0 fully saturated rings. The molecule has 1 N–H and O–H groups in total. The number of amides is 2.